The highest BCUT2D eigenvalue weighted by molar-refractivity contribution is 7.21. The number of carboxylic acids is 1. The lowest BCUT2D eigenvalue weighted by atomic mass is 10.2. The Morgan fingerprint density at radius 2 is 2.00 bits per heavy atom. The summed E-state index contributed by atoms with van der Waals surface area (Å²) < 4.78 is 6.15. The minimum absolute atomic E-state index is 0.337. The molecule has 0 radical (unpaired) electrons. The molecule has 0 bridgehead atoms. The summed E-state index contributed by atoms with van der Waals surface area (Å²) >= 11 is 1.56. The van der Waals surface area contributed by atoms with E-state index >= 15 is 0 Å². The molecular formula is C15H11NO3S. The molecule has 20 heavy (non-hydrogen) atoms. The Balaban J connectivity index is 1.93. The summed E-state index contributed by atoms with van der Waals surface area (Å²) in [6.45, 7) is -0.337. The molecular weight excluding hydrogens is 274 g/mol. The second kappa shape index (κ2) is 5.30. The van der Waals surface area contributed by atoms with Crippen LogP contribution in [0.1, 0.15) is 0 Å². The van der Waals surface area contributed by atoms with E-state index in [1.165, 1.54) is 0 Å². The third-order valence-corrected chi connectivity index (χ3v) is 3.81. The highest BCUT2D eigenvalue weighted by Gasteiger charge is 2.07. The van der Waals surface area contributed by atoms with E-state index in [0.717, 1.165) is 20.8 Å². The standard InChI is InChI=1S/C15H11NO3S/c17-14(18)9-19-11-6-7-12-13(8-11)20-15(16-12)10-4-2-1-3-5-10/h1-8H,9H2,(H,17,18). The molecule has 0 aliphatic rings. The molecule has 100 valence electrons. The predicted octanol–water partition coefficient (Wildman–Crippen LogP) is 3.43. The van der Waals surface area contributed by atoms with Crippen molar-refractivity contribution in [3.05, 3.63) is 48.5 Å². The first kappa shape index (κ1) is 12.6. The number of hydrogen-bond acceptors (Lipinski definition) is 4. The second-order valence-electron chi connectivity index (χ2n) is 4.20. The molecule has 1 N–H and O–H groups in total. The van der Waals surface area contributed by atoms with E-state index in [-0.39, 0.29) is 6.61 Å². The molecule has 0 amide bonds. The first-order valence-electron chi connectivity index (χ1n) is 6.03. The van der Waals surface area contributed by atoms with Crippen LogP contribution in [0.3, 0.4) is 0 Å². The van der Waals surface area contributed by atoms with Gasteiger partial charge in [0.25, 0.3) is 0 Å². The van der Waals surface area contributed by atoms with Crippen molar-refractivity contribution in [2.24, 2.45) is 0 Å². The van der Waals surface area contributed by atoms with E-state index in [9.17, 15) is 4.79 Å². The van der Waals surface area contributed by atoms with Crippen LogP contribution in [0.25, 0.3) is 20.8 Å². The molecule has 5 heteroatoms. The van der Waals surface area contributed by atoms with Crippen LogP contribution in [0.15, 0.2) is 48.5 Å². The van der Waals surface area contributed by atoms with E-state index in [1.54, 1.807) is 17.4 Å². The molecule has 3 aromatic rings. The van der Waals surface area contributed by atoms with Crippen molar-refractivity contribution in [2.45, 2.75) is 0 Å². The Hall–Kier alpha value is -2.40. The predicted molar refractivity (Wildman–Crippen MR) is 78.2 cm³/mol. The van der Waals surface area contributed by atoms with Gasteiger partial charge >= 0.3 is 5.97 Å². The molecule has 2 aromatic carbocycles. The number of nitrogens with zero attached hydrogens (tertiary/aromatic N) is 1. The SMILES string of the molecule is O=C(O)COc1ccc2nc(-c3ccccc3)sc2c1. The molecule has 0 aliphatic heterocycles. The molecule has 0 saturated heterocycles. The molecule has 0 saturated carbocycles. The molecule has 3 rings (SSSR count). The van der Waals surface area contributed by atoms with Gasteiger partial charge in [-0.3, -0.25) is 0 Å². The van der Waals surface area contributed by atoms with Gasteiger partial charge < -0.3 is 9.84 Å². The number of carbonyl (C=O) groups is 1. The van der Waals surface area contributed by atoms with E-state index in [1.807, 2.05) is 42.5 Å². The monoisotopic (exact) mass is 285 g/mol. The van der Waals surface area contributed by atoms with Crippen molar-refractivity contribution in [2.75, 3.05) is 6.61 Å². The van der Waals surface area contributed by atoms with Crippen molar-refractivity contribution < 1.29 is 14.6 Å². The van der Waals surface area contributed by atoms with Crippen LogP contribution in [-0.2, 0) is 4.79 Å². The summed E-state index contributed by atoms with van der Waals surface area (Å²) in [7, 11) is 0. The number of hydrogen-bond donors (Lipinski definition) is 1. The maximum absolute atomic E-state index is 10.5. The number of benzene rings is 2. The molecule has 0 atom stereocenters. The quantitative estimate of drug-likeness (QED) is 0.798. The summed E-state index contributed by atoms with van der Waals surface area (Å²) in [6, 6.07) is 15.3. The highest BCUT2D eigenvalue weighted by Crippen LogP contribution is 2.32. The molecule has 0 aliphatic carbocycles. The minimum Gasteiger partial charge on any atom is -0.482 e. The van der Waals surface area contributed by atoms with E-state index in [0.29, 0.717) is 5.75 Å². The summed E-state index contributed by atoms with van der Waals surface area (Å²) in [4.78, 5) is 15.1. The van der Waals surface area contributed by atoms with Gasteiger partial charge in [0.05, 0.1) is 10.2 Å². The van der Waals surface area contributed by atoms with Gasteiger partial charge in [0.15, 0.2) is 6.61 Å². The number of ether oxygens (including phenoxy) is 1. The third-order valence-electron chi connectivity index (χ3n) is 2.74. The molecule has 0 fully saturated rings. The first-order valence-corrected chi connectivity index (χ1v) is 6.84. The van der Waals surface area contributed by atoms with E-state index in [4.69, 9.17) is 9.84 Å². The van der Waals surface area contributed by atoms with Crippen molar-refractivity contribution >= 4 is 27.5 Å². The fourth-order valence-corrected chi connectivity index (χ4v) is 2.84. The van der Waals surface area contributed by atoms with Gasteiger partial charge in [-0.2, -0.15) is 0 Å². The fourth-order valence-electron chi connectivity index (χ4n) is 1.84. The van der Waals surface area contributed by atoms with Gasteiger partial charge in [0.1, 0.15) is 10.8 Å². The highest BCUT2D eigenvalue weighted by atomic mass is 32.1. The van der Waals surface area contributed by atoms with Crippen LogP contribution in [-0.4, -0.2) is 22.7 Å². The smallest absolute Gasteiger partial charge is 0.341 e. The average Bonchev–Trinajstić information content (AvgIpc) is 2.89. The minimum atomic E-state index is -0.987. The van der Waals surface area contributed by atoms with Gasteiger partial charge in [0.2, 0.25) is 0 Å². The fraction of sp³-hybridized carbons (Fsp3) is 0.0667. The largest absolute Gasteiger partial charge is 0.482 e. The lowest BCUT2D eigenvalue weighted by molar-refractivity contribution is -0.139. The van der Waals surface area contributed by atoms with Crippen LogP contribution in [0, 0.1) is 0 Å². The topological polar surface area (TPSA) is 59.4 Å². The number of rotatable bonds is 4. The number of carboxylic acid groups (broad SMARTS) is 1. The van der Waals surface area contributed by atoms with Crippen molar-refractivity contribution in [1.29, 1.82) is 0 Å². The summed E-state index contributed by atoms with van der Waals surface area (Å²) in [5.74, 6) is -0.442. The van der Waals surface area contributed by atoms with E-state index in [2.05, 4.69) is 4.98 Å². The zero-order valence-corrected chi connectivity index (χ0v) is 11.3. The van der Waals surface area contributed by atoms with Gasteiger partial charge in [0, 0.05) is 5.56 Å². The maximum atomic E-state index is 10.5. The van der Waals surface area contributed by atoms with Gasteiger partial charge in [-0.1, -0.05) is 30.3 Å². The van der Waals surface area contributed by atoms with Crippen LogP contribution in [0.4, 0.5) is 0 Å². The Kier molecular flexibility index (Phi) is 3.35. The Morgan fingerprint density at radius 1 is 1.20 bits per heavy atom. The van der Waals surface area contributed by atoms with Gasteiger partial charge in [-0.05, 0) is 18.2 Å². The lowest BCUT2D eigenvalue weighted by Crippen LogP contribution is -2.09. The number of thiazole rings is 1. The number of aromatic nitrogens is 1. The van der Waals surface area contributed by atoms with Gasteiger partial charge in [-0.15, -0.1) is 11.3 Å². The molecule has 0 spiro atoms. The molecule has 1 heterocycles. The first-order chi connectivity index (χ1) is 9.72. The number of fused-ring (bicyclic) bond motifs is 1. The average molecular weight is 285 g/mol. The molecule has 1 aromatic heterocycles. The van der Waals surface area contributed by atoms with Crippen LogP contribution in [0.2, 0.25) is 0 Å². The van der Waals surface area contributed by atoms with Crippen molar-refractivity contribution in [3.63, 3.8) is 0 Å². The molecule has 0 unspecified atom stereocenters. The van der Waals surface area contributed by atoms with Crippen LogP contribution >= 0.6 is 11.3 Å². The van der Waals surface area contributed by atoms with Crippen LogP contribution < -0.4 is 4.74 Å². The Morgan fingerprint density at radius 3 is 2.75 bits per heavy atom. The van der Waals surface area contributed by atoms with Crippen LogP contribution in [0.5, 0.6) is 5.75 Å². The third kappa shape index (κ3) is 2.62. The Labute approximate surface area is 119 Å². The van der Waals surface area contributed by atoms with Crippen molar-refractivity contribution in [1.82, 2.24) is 4.98 Å². The summed E-state index contributed by atoms with van der Waals surface area (Å²) in [5, 5.41) is 9.55. The lowest BCUT2D eigenvalue weighted by Gasteiger charge is -2.01. The second-order valence-corrected chi connectivity index (χ2v) is 5.23. The summed E-state index contributed by atoms with van der Waals surface area (Å²) in [6.07, 6.45) is 0. The van der Waals surface area contributed by atoms with Gasteiger partial charge in [-0.25, -0.2) is 9.78 Å². The number of aliphatic carboxylic acids is 1. The van der Waals surface area contributed by atoms with E-state index < -0.39 is 5.97 Å². The normalized spacial score (nSPS) is 10.6. The maximum Gasteiger partial charge on any atom is 0.341 e. The zero-order chi connectivity index (χ0) is 13.9. The van der Waals surface area contributed by atoms with Crippen molar-refractivity contribution in [3.8, 4) is 16.3 Å². The molecule has 4 nitrogen and oxygen atoms in total. The zero-order valence-electron chi connectivity index (χ0n) is 10.4. The summed E-state index contributed by atoms with van der Waals surface area (Å²) in [5.41, 5.74) is 1.96. The Bertz CT molecular complexity index is 752.